The summed E-state index contributed by atoms with van der Waals surface area (Å²) in [6.45, 7) is 2.72. The summed E-state index contributed by atoms with van der Waals surface area (Å²) in [6, 6.07) is 7.58. The number of carbonyl (C=O) groups excluding carboxylic acids is 1. The number of rotatable bonds is 4. The van der Waals surface area contributed by atoms with Gasteiger partial charge in [-0.3, -0.25) is 4.79 Å². The first-order valence-corrected chi connectivity index (χ1v) is 7.23. The van der Waals surface area contributed by atoms with E-state index in [-0.39, 0.29) is 5.91 Å². The van der Waals surface area contributed by atoms with Crippen LogP contribution < -0.4 is 10.6 Å². The van der Waals surface area contributed by atoms with Gasteiger partial charge in [-0.15, -0.1) is 10.2 Å². The van der Waals surface area contributed by atoms with Gasteiger partial charge >= 0.3 is 0 Å². The number of halogens is 1. The van der Waals surface area contributed by atoms with Crippen LogP contribution in [-0.2, 0) is 0 Å². The van der Waals surface area contributed by atoms with Gasteiger partial charge in [0.25, 0.3) is 5.91 Å². The molecule has 2 aromatic rings. The van der Waals surface area contributed by atoms with E-state index >= 15 is 0 Å². The molecule has 1 aromatic carbocycles. The van der Waals surface area contributed by atoms with Crippen LogP contribution in [0, 0.1) is 3.57 Å². The van der Waals surface area contributed by atoms with Crippen molar-refractivity contribution in [3.05, 3.63) is 32.8 Å². The zero-order chi connectivity index (χ0) is 13.0. The highest BCUT2D eigenvalue weighted by Gasteiger charge is 2.13. The molecule has 0 unspecified atom stereocenters. The van der Waals surface area contributed by atoms with Gasteiger partial charge in [-0.25, -0.2) is 0 Å². The van der Waals surface area contributed by atoms with E-state index in [0.717, 1.165) is 15.8 Å². The molecule has 5 nitrogen and oxygen atoms in total. The molecule has 0 aliphatic heterocycles. The number of benzene rings is 1. The lowest BCUT2D eigenvalue weighted by Gasteiger charge is -2.04. The standard InChI is InChI=1S/C11H11IN4OS/c1-2-13-11-16-15-10(18-11)9(17)14-8-6-4-3-5-7(8)12/h3-6H,2H2,1H3,(H,13,16)(H,14,17). The number of para-hydroxylation sites is 1. The predicted octanol–water partition coefficient (Wildman–Crippen LogP) is 2.83. The second-order valence-corrected chi connectivity index (χ2v) is 5.52. The summed E-state index contributed by atoms with van der Waals surface area (Å²) >= 11 is 3.41. The van der Waals surface area contributed by atoms with Crippen molar-refractivity contribution in [3.63, 3.8) is 0 Å². The minimum absolute atomic E-state index is 0.235. The van der Waals surface area contributed by atoms with Gasteiger partial charge in [-0.1, -0.05) is 23.5 Å². The van der Waals surface area contributed by atoms with E-state index in [0.29, 0.717) is 10.1 Å². The maximum atomic E-state index is 11.9. The number of carbonyl (C=O) groups is 1. The van der Waals surface area contributed by atoms with Crippen molar-refractivity contribution in [2.45, 2.75) is 6.92 Å². The van der Waals surface area contributed by atoms with Crippen molar-refractivity contribution in [2.24, 2.45) is 0 Å². The van der Waals surface area contributed by atoms with Crippen LogP contribution in [0.2, 0.25) is 0 Å². The number of hydrogen-bond acceptors (Lipinski definition) is 5. The Morgan fingerprint density at radius 3 is 2.89 bits per heavy atom. The molecular weight excluding hydrogens is 363 g/mol. The van der Waals surface area contributed by atoms with Gasteiger partial charge in [-0.2, -0.15) is 0 Å². The molecule has 0 atom stereocenters. The Labute approximate surface area is 122 Å². The lowest BCUT2D eigenvalue weighted by Crippen LogP contribution is -2.12. The maximum absolute atomic E-state index is 11.9. The van der Waals surface area contributed by atoms with Gasteiger partial charge in [0.15, 0.2) is 0 Å². The molecule has 94 valence electrons. The van der Waals surface area contributed by atoms with Crippen LogP contribution in [0.15, 0.2) is 24.3 Å². The molecule has 0 radical (unpaired) electrons. The van der Waals surface area contributed by atoms with Crippen LogP contribution in [0.25, 0.3) is 0 Å². The molecule has 0 fully saturated rings. The van der Waals surface area contributed by atoms with E-state index < -0.39 is 0 Å². The predicted molar refractivity (Wildman–Crippen MR) is 81.2 cm³/mol. The van der Waals surface area contributed by atoms with Gasteiger partial charge in [0.05, 0.1) is 5.69 Å². The molecule has 0 spiro atoms. The number of nitrogens with zero attached hydrogens (tertiary/aromatic N) is 2. The van der Waals surface area contributed by atoms with Crippen molar-refractivity contribution < 1.29 is 4.79 Å². The molecule has 2 rings (SSSR count). The number of anilines is 2. The summed E-state index contributed by atoms with van der Waals surface area (Å²) in [5.74, 6) is -0.235. The number of hydrogen-bond donors (Lipinski definition) is 2. The van der Waals surface area contributed by atoms with Gasteiger partial charge in [-0.05, 0) is 41.6 Å². The first-order chi connectivity index (χ1) is 8.70. The zero-order valence-electron chi connectivity index (χ0n) is 9.61. The average molecular weight is 374 g/mol. The smallest absolute Gasteiger partial charge is 0.286 e. The van der Waals surface area contributed by atoms with Crippen LogP contribution in [0.1, 0.15) is 16.7 Å². The highest BCUT2D eigenvalue weighted by molar-refractivity contribution is 14.1. The molecule has 0 aliphatic rings. The van der Waals surface area contributed by atoms with Gasteiger partial charge < -0.3 is 10.6 Å². The normalized spacial score (nSPS) is 10.1. The molecule has 1 aromatic heterocycles. The monoisotopic (exact) mass is 374 g/mol. The third-order valence-corrected chi connectivity index (χ3v) is 3.89. The molecular formula is C11H11IN4OS. The zero-order valence-corrected chi connectivity index (χ0v) is 12.6. The van der Waals surface area contributed by atoms with E-state index in [4.69, 9.17) is 0 Å². The van der Waals surface area contributed by atoms with Crippen LogP contribution in [0.3, 0.4) is 0 Å². The first kappa shape index (κ1) is 13.2. The van der Waals surface area contributed by atoms with Crippen molar-refractivity contribution in [2.75, 3.05) is 17.2 Å². The molecule has 7 heteroatoms. The van der Waals surface area contributed by atoms with E-state index in [9.17, 15) is 4.79 Å². The first-order valence-electron chi connectivity index (χ1n) is 5.34. The topological polar surface area (TPSA) is 66.9 Å². The molecule has 0 bridgehead atoms. The Bertz CT molecular complexity index is 557. The van der Waals surface area contributed by atoms with E-state index in [1.165, 1.54) is 11.3 Å². The van der Waals surface area contributed by atoms with Gasteiger partial charge in [0.2, 0.25) is 10.1 Å². The Morgan fingerprint density at radius 2 is 2.17 bits per heavy atom. The van der Waals surface area contributed by atoms with E-state index in [1.807, 2.05) is 31.2 Å². The fraction of sp³-hybridized carbons (Fsp3) is 0.182. The summed E-state index contributed by atoms with van der Waals surface area (Å²) in [5, 5.41) is 14.6. The minimum Gasteiger partial charge on any atom is -0.360 e. The summed E-state index contributed by atoms with van der Waals surface area (Å²) in [4.78, 5) is 11.9. The lowest BCUT2D eigenvalue weighted by molar-refractivity contribution is 0.102. The second kappa shape index (κ2) is 6.10. The summed E-state index contributed by atoms with van der Waals surface area (Å²) in [7, 11) is 0. The highest BCUT2D eigenvalue weighted by Crippen LogP contribution is 2.20. The molecule has 18 heavy (non-hydrogen) atoms. The summed E-state index contributed by atoms with van der Waals surface area (Å²) in [6.07, 6.45) is 0. The average Bonchev–Trinajstić information content (AvgIpc) is 2.81. The Kier molecular flexibility index (Phi) is 4.48. The fourth-order valence-corrected chi connectivity index (χ4v) is 2.50. The molecule has 2 N–H and O–H groups in total. The van der Waals surface area contributed by atoms with Crippen LogP contribution in [0.4, 0.5) is 10.8 Å². The van der Waals surface area contributed by atoms with Gasteiger partial charge in [0.1, 0.15) is 0 Å². The Balaban J connectivity index is 2.10. The Morgan fingerprint density at radius 1 is 1.39 bits per heavy atom. The highest BCUT2D eigenvalue weighted by atomic mass is 127. The third kappa shape index (κ3) is 3.16. The molecule has 0 saturated carbocycles. The fourth-order valence-electron chi connectivity index (χ4n) is 1.28. The van der Waals surface area contributed by atoms with Gasteiger partial charge in [0, 0.05) is 10.1 Å². The third-order valence-electron chi connectivity index (χ3n) is 2.07. The number of amides is 1. The molecule has 1 amide bonds. The van der Waals surface area contributed by atoms with E-state index in [2.05, 4.69) is 43.4 Å². The quantitative estimate of drug-likeness (QED) is 0.808. The van der Waals surface area contributed by atoms with Crippen LogP contribution in [-0.4, -0.2) is 22.6 Å². The van der Waals surface area contributed by atoms with Crippen molar-refractivity contribution in [3.8, 4) is 0 Å². The largest absolute Gasteiger partial charge is 0.360 e. The van der Waals surface area contributed by atoms with Crippen LogP contribution >= 0.6 is 33.9 Å². The number of aromatic nitrogens is 2. The lowest BCUT2D eigenvalue weighted by atomic mass is 10.3. The van der Waals surface area contributed by atoms with Crippen molar-refractivity contribution in [1.29, 1.82) is 0 Å². The maximum Gasteiger partial charge on any atom is 0.286 e. The SMILES string of the molecule is CCNc1nnc(C(=O)Nc2ccccc2I)s1. The van der Waals surface area contributed by atoms with Crippen LogP contribution in [0.5, 0.6) is 0 Å². The number of nitrogens with one attached hydrogen (secondary N) is 2. The second-order valence-electron chi connectivity index (χ2n) is 3.38. The molecule has 0 saturated heterocycles. The molecule has 0 aliphatic carbocycles. The van der Waals surface area contributed by atoms with E-state index in [1.54, 1.807) is 0 Å². The van der Waals surface area contributed by atoms with Crippen molar-refractivity contribution in [1.82, 2.24) is 10.2 Å². The minimum atomic E-state index is -0.235. The van der Waals surface area contributed by atoms with Crippen molar-refractivity contribution >= 4 is 50.7 Å². The Hall–Kier alpha value is -1.22. The summed E-state index contributed by atoms with van der Waals surface area (Å²) < 4.78 is 0.986. The molecule has 1 heterocycles. The summed E-state index contributed by atoms with van der Waals surface area (Å²) in [5.41, 5.74) is 0.781.